The van der Waals surface area contributed by atoms with Crippen molar-refractivity contribution in [3.05, 3.63) is 99.3 Å². The average molecular weight is 596 g/mol. The number of alkyl halides is 2. The molecule has 0 spiro atoms. The molecule has 0 saturated heterocycles. The summed E-state index contributed by atoms with van der Waals surface area (Å²) < 4.78 is 0.263. The third-order valence-corrected chi connectivity index (χ3v) is 7.58. The van der Waals surface area contributed by atoms with E-state index in [0.717, 1.165) is 5.69 Å². The quantitative estimate of drug-likeness (QED) is 0.235. The lowest BCUT2D eigenvalue weighted by atomic mass is 10.1. The minimum atomic E-state index is -1.33. The maximum atomic E-state index is 13.0. The first-order valence-electron chi connectivity index (χ1n) is 10.9. The number of halogens is 5. The van der Waals surface area contributed by atoms with Crippen molar-refractivity contribution in [3.8, 4) is 5.69 Å². The van der Waals surface area contributed by atoms with Gasteiger partial charge in [0.2, 0.25) is 5.91 Å². The number of carbonyl (C=O) groups is 2. The van der Waals surface area contributed by atoms with Crippen molar-refractivity contribution in [1.29, 1.82) is 0 Å². The number of nitrogens with one attached hydrogen (secondary N) is 2. The number of aromatic nitrogens is 3. The van der Waals surface area contributed by atoms with E-state index < -0.39 is 28.0 Å². The van der Waals surface area contributed by atoms with Crippen molar-refractivity contribution in [2.24, 2.45) is 5.92 Å². The predicted molar refractivity (Wildman–Crippen MR) is 147 cm³/mol. The second kappa shape index (κ2) is 10.2. The maximum absolute atomic E-state index is 13.0. The number of anilines is 2. The molecule has 1 fully saturated rings. The molecule has 4 aromatic rings. The van der Waals surface area contributed by atoms with Gasteiger partial charge in [0, 0.05) is 27.3 Å². The van der Waals surface area contributed by atoms with Crippen LogP contribution in [0.25, 0.3) is 5.69 Å². The Kier molecular flexibility index (Phi) is 7.09. The molecular formula is C25H16Cl5N5O2. The van der Waals surface area contributed by atoms with Gasteiger partial charge in [-0.15, -0.1) is 28.3 Å². The summed E-state index contributed by atoms with van der Waals surface area (Å²) >= 11 is 31.3. The van der Waals surface area contributed by atoms with E-state index in [9.17, 15) is 9.59 Å². The Hall–Kier alpha value is -2.81. The van der Waals surface area contributed by atoms with Crippen LogP contribution in [0, 0.1) is 5.92 Å². The second-order valence-electron chi connectivity index (χ2n) is 8.37. The van der Waals surface area contributed by atoms with Gasteiger partial charge in [0.15, 0.2) is 0 Å². The largest absolute Gasteiger partial charge is 0.326 e. The van der Waals surface area contributed by atoms with E-state index in [4.69, 9.17) is 58.0 Å². The molecule has 1 aliphatic carbocycles. The number of hydrogen-bond acceptors (Lipinski definition) is 4. The van der Waals surface area contributed by atoms with E-state index in [0.29, 0.717) is 27.0 Å². The van der Waals surface area contributed by atoms with Gasteiger partial charge in [-0.1, -0.05) is 40.0 Å². The van der Waals surface area contributed by atoms with Gasteiger partial charge < -0.3 is 10.6 Å². The van der Waals surface area contributed by atoms with Gasteiger partial charge in [-0.2, -0.15) is 0 Å². The van der Waals surface area contributed by atoms with E-state index in [1.54, 1.807) is 65.6 Å². The molecule has 0 aliphatic heterocycles. The van der Waals surface area contributed by atoms with Gasteiger partial charge in [0.25, 0.3) is 5.91 Å². The highest BCUT2D eigenvalue weighted by molar-refractivity contribution is 6.53. The molecule has 2 N–H and O–H groups in total. The smallest absolute Gasteiger partial charge is 0.257 e. The molecule has 1 aliphatic rings. The van der Waals surface area contributed by atoms with E-state index in [-0.39, 0.29) is 10.6 Å². The summed E-state index contributed by atoms with van der Waals surface area (Å²) in [5.74, 6) is -2.11. The molecule has 12 heteroatoms. The number of benzene rings is 3. The number of carbonyl (C=O) groups excluding carboxylic acids is 2. The number of hydrogen-bond donors (Lipinski definition) is 2. The minimum Gasteiger partial charge on any atom is -0.326 e. The molecule has 37 heavy (non-hydrogen) atoms. The minimum absolute atomic E-state index is 0.178. The fourth-order valence-electron chi connectivity index (χ4n) is 4.06. The van der Waals surface area contributed by atoms with Crippen LogP contribution in [0.1, 0.15) is 21.8 Å². The lowest BCUT2D eigenvalue weighted by Crippen LogP contribution is -2.18. The Morgan fingerprint density at radius 3 is 2.19 bits per heavy atom. The van der Waals surface area contributed by atoms with Crippen LogP contribution in [0.4, 0.5) is 11.4 Å². The zero-order valence-electron chi connectivity index (χ0n) is 18.6. The summed E-state index contributed by atoms with van der Waals surface area (Å²) in [6.07, 6.45) is 3.28. The highest BCUT2D eigenvalue weighted by Crippen LogP contribution is 2.65. The summed E-state index contributed by atoms with van der Waals surface area (Å²) in [7, 11) is 0. The van der Waals surface area contributed by atoms with Gasteiger partial charge in [-0.3, -0.25) is 9.59 Å². The SMILES string of the molecule is O=C(Nc1ccc(-n2ccnn2)cc1)c1cc(NC(=O)[C@H]2[C@H](c3cc(Cl)cc(Cl)c3)C2(Cl)Cl)ccc1Cl. The van der Waals surface area contributed by atoms with Crippen molar-refractivity contribution in [2.75, 3.05) is 10.6 Å². The zero-order valence-corrected chi connectivity index (χ0v) is 22.4. The van der Waals surface area contributed by atoms with Gasteiger partial charge in [-0.25, -0.2) is 4.68 Å². The third kappa shape index (κ3) is 5.42. The summed E-state index contributed by atoms with van der Waals surface area (Å²) in [5.41, 5.74) is 2.53. The molecule has 1 saturated carbocycles. The molecular weight excluding hydrogens is 580 g/mol. The van der Waals surface area contributed by atoms with Gasteiger partial charge in [-0.05, 0) is 66.2 Å². The Balaban J connectivity index is 1.29. The van der Waals surface area contributed by atoms with Crippen molar-refractivity contribution in [1.82, 2.24) is 15.0 Å². The first-order chi connectivity index (χ1) is 17.6. The van der Waals surface area contributed by atoms with Gasteiger partial charge in [0.05, 0.1) is 34.6 Å². The number of nitrogens with zero attached hydrogens (tertiary/aromatic N) is 3. The lowest BCUT2D eigenvalue weighted by molar-refractivity contribution is -0.117. The topological polar surface area (TPSA) is 88.9 Å². The Morgan fingerprint density at radius 1 is 0.865 bits per heavy atom. The van der Waals surface area contributed by atoms with Crippen LogP contribution >= 0.6 is 58.0 Å². The van der Waals surface area contributed by atoms with E-state index in [2.05, 4.69) is 20.9 Å². The standard InChI is InChI=1S/C25H16Cl5N5O2/c26-14-9-13(10-15(27)11-14)21-22(25(21,29)30)24(37)33-17-3-6-20(28)19(12-17)23(36)32-16-1-4-18(5-2-16)35-8-7-31-34-35/h1-12,21-22H,(H,32,36)(H,33,37)/t21-,22+/m0/s1. The van der Waals surface area contributed by atoms with Crippen molar-refractivity contribution >= 4 is 81.2 Å². The van der Waals surface area contributed by atoms with Gasteiger partial charge in [0.1, 0.15) is 4.33 Å². The molecule has 2 amide bonds. The molecule has 0 unspecified atom stereocenters. The van der Waals surface area contributed by atoms with Crippen LogP contribution in [0.2, 0.25) is 15.1 Å². The van der Waals surface area contributed by atoms with Crippen molar-refractivity contribution in [2.45, 2.75) is 10.3 Å². The third-order valence-electron chi connectivity index (χ3n) is 5.87. The normalized spacial score (nSPS) is 17.8. The van der Waals surface area contributed by atoms with Crippen molar-refractivity contribution in [3.63, 3.8) is 0 Å². The Morgan fingerprint density at radius 2 is 1.54 bits per heavy atom. The van der Waals surface area contributed by atoms with E-state index in [1.165, 1.54) is 12.1 Å². The first-order valence-corrected chi connectivity index (χ1v) is 12.7. The summed E-state index contributed by atoms with van der Waals surface area (Å²) in [4.78, 5) is 26.0. The highest BCUT2D eigenvalue weighted by Gasteiger charge is 2.67. The van der Waals surface area contributed by atoms with Gasteiger partial charge >= 0.3 is 0 Å². The molecule has 5 rings (SSSR count). The zero-order chi connectivity index (χ0) is 26.3. The van der Waals surface area contributed by atoms with Crippen molar-refractivity contribution < 1.29 is 9.59 Å². The summed E-state index contributed by atoms with van der Waals surface area (Å²) in [5, 5.41) is 14.3. The molecule has 1 aromatic heterocycles. The van der Waals surface area contributed by atoms with Crippen LogP contribution < -0.4 is 10.6 Å². The number of rotatable bonds is 6. The first kappa shape index (κ1) is 25.8. The predicted octanol–water partition coefficient (Wildman–Crippen LogP) is 7.01. The second-order valence-corrected chi connectivity index (χ2v) is 11.1. The summed E-state index contributed by atoms with van der Waals surface area (Å²) in [6, 6.07) is 16.5. The molecule has 1 heterocycles. The van der Waals surface area contributed by atoms with Crippen LogP contribution in [0.5, 0.6) is 0 Å². The van der Waals surface area contributed by atoms with E-state index >= 15 is 0 Å². The molecule has 0 bridgehead atoms. The fourth-order valence-corrected chi connectivity index (χ4v) is 5.64. The Bertz CT molecular complexity index is 1470. The molecule has 188 valence electrons. The van der Waals surface area contributed by atoms with Crippen LogP contribution in [0.15, 0.2) is 73.1 Å². The Labute approximate surface area is 236 Å². The lowest BCUT2D eigenvalue weighted by Gasteiger charge is -2.11. The van der Waals surface area contributed by atoms with Crippen LogP contribution in [-0.4, -0.2) is 31.1 Å². The highest BCUT2D eigenvalue weighted by atomic mass is 35.5. The van der Waals surface area contributed by atoms with Crippen LogP contribution in [-0.2, 0) is 4.79 Å². The monoisotopic (exact) mass is 593 g/mol. The molecule has 2 atom stereocenters. The number of amides is 2. The molecule has 0 radical (unpaired) electrons. The average Bonchev–Trinajstić information content (AvgIpc) is 3.16. The molecule has 3 aromatic carbocycles. The molecule has 7 nitrogen and oxygen atoms in total. The van der Waals surface area contributed by atoms with Crippen LogP contribution in [0.3, 0.4) is 0 Å². The summed E-state index contributed by atoms with van der Waals surface area (Å²) in [6.45, 7) is 0. The van der Waals surface area contributed by atoms with E-state index in [1.807, 2.05) is 0 Å². The fraction of sp³-hybridized carbons (Fsp3) is 0.120. The maximum Gasteiger partial charge on any atom is 0.257 e.